The summed E-state index contributed by atoms with van der Waals surface area (Å²) in [5.41, 5.74) is 4.20. The molecule has 1 aliphatic heterocycles. The molecular weight excluding hydrogens is 385 g/mol. The minimum absolute atomic E-state index is 0.230. The van der Waals surface area contributed by atoms with Crippen LogP contribution in [0.15, 0.2) is 39.5 Å². The molecule has 1 aliphatic carbocycles. The van der Waals surface area contributed by atoms with Gasteiger partial charge in [0.1, 0.15) is 18.1 Å². The van der Waals surface area contributed by atoms with Crippen molar-refractivity contribution in [2.24, 2.45) is 0 Å². The third kappa shape index (κ3) is 2.92. The number of nitrogens with zero attached hydrogens (tertiary/aromatic N) is 1. The van der Waals surface area contributed by atoms with E-state index < -0.39 is 0 Å². The summed E-state index contributed by atoms with van der Waals surface area (Å²) >= 11 is 12.6. The van der Waals surface area contributed by atoms with Crippen LogP contribution in [0.25, 0.3) is 11.0 Å². The van der Waals surface area contributed by atoms with Gasteiger partial charge >= 0.3 is 5.63 Å². The predicted molar refractivity (Wildman–Crippen MR) is 106 cm³/mol. The van der Waals surface area contributed by atoms with Crippen molar-refractivity contribution in [2.45, 2.75) is 32.4 Å². The highest BCUT2D eigenvalue weighted by Crippen LogP contribution is 2.41. The zero-order valence-electron chi connectivity index (χ0n) is 14.6. The Morgan fingerprint density at radius 3 is 2.78 bits per heavy atom. The summed E-state index contributed by atoms with van der Waals surface area (Å²) in [7, 11) is 0. The monoisotopic (exact) mass is 401 g/mol. The molecular formula is C21H17Cl2NO3. The number of rotatable bonds is 2. The number of fused-ring (bicyclic) bond motifs is 5. The number of halogens is 2. The predicted octanol–water partition coefficient (Wildman–Crippen LogP) is 4.94. The Kier molecular flexibility index (Phi) is 4.15. The van der Waals surface area contributed by atoms with Gasteiger partial charge in [0.05, 0.1) is 10.6 Å². The van der Waals surface area contributed by atoms with Crippen molar-refractivity contribution in [1.29, 1.82) is 0 Å². The first kappa shape index (κ1) is 17.1. The maximum Gasteiger partial charge on any atom is 0.339 e. The van der Waals surface area contributed by atoms with Crippen LogP contribution in [0.5, 0.6) is 5.75 Å². The third-order valence-electron chi connectivity index (χ3n) is 5.33. The summed E-state index contributed by atoms with van der Waals surface area (Å²) in [4.78, 5) is 14.6. The fraction of sp³-hybridized carbons (Fsp3) is 0.286. The molecule has 0 amide bonds. The van der Waals surface area contributed by atoms with Crippen molar-refractivity contribution in [3.63, 3.8) is 0 Å². The lowest BCUT2D eigenvalue weighted by molar-refractivity contribution is 0.0890. The fourth-order valence-corrected chi connectivity index (χ4v) is 4.64. The molecule has 0 unspecified atom stereocenters. The van der Waals surface area contributed by atoms with E-state index in [4.69, 9.17) is 32.4 Å². The van der Waals surface area contributed by atoms with E-state index in [0.717, 1.165) is 46.9 Å². The van der Waals surface area contributed by atoms with Gasteiger partial charge in [0.25, 0.3) is 0 Å². The lowest BCUT2D eigenvalue weighted by Gasteiger charge is -2.30. The second-order valence-corrected chi connectivity index (χ2v) is 7.98. The maximum atomic E-state index is 12.4. The van der Waals surface area contributed by atoms with Gasteiger partial charge in [0.15, 0.2) is 0 Å². The summed E-state index contributed by atoms with van der Waals surface area (Å²) in [5, 5.41) is 2.22. The molecule has 0 fully saturated rings. The number of ether oxygens (including phenoxy) is 1. The van der Waals surface area contributed by atoms with Crippen molar-refractivity contribution in [1.82, 2.24) is 4.90 Å². The molecule has 0 saturated carbocycles. The molecule has 2 aliphatic rings. The second-order valence-electron chi connectivity index (χ2n) is 7.13. The van der Waals surface area contributed by atoms with E-state index in [1.54, 1.807) is 0 Å². The van der Waals surface area contributed by atoms with Crippen LogP contribution in [0.4, 0.5) is 0 Å². The molecule has 2 aromatic carbocycles. The number of benzene rings is 2. The van der Waals surface area contributed by atoms with Crippen LogP contribution in [0.3, 0.4) is 0 Å². The molecule has 1 aromatic heterocycles. The van der Waals surface area contributed by atoms with Gasteiger partial charge in [-0.3, -0.25) is 4.90 Å². The standard InChI is InChI=1S/C21H17Cl2NO3/c22-13-4-1-3-12(7-13)9-24-10-17-19-16(8-18(23)20(17)26-11-24)14-5-2-6-15(14)21(25)27-19/h1,3-4,7-8H,2,5-6,9-11H2. The van der Waals surface area contributed by atoms with Crippen LogP contribution in [0.1, 0.15) is 28.7 Å². The maximum absolute atomic E-state index is 12.4. The molecule has 0 bridgehead atoms. The van der Waals surface area contributed by atoms with Gasteiger partial charge in [-0.05, 0) is 48.6 Å². The fourth-order valence-electron chi connectivity index (χ4n) is 4.15. The highest BCUT2D eigenvalue weighted by Gasteiger charge is 2.28. The van der Waals surface area contributed by atoms with E-state index in [2.05, 4.69) is 4.90 Å². The second kappa shape index (κ2) is 6.55. The normalized spacial score (nSPS) is 16.2. The summed E-state index contributed by atoms with van der Waals surface area (Å²) in [6, 6.07) is 9.65. The van der Waals surface area contributed by atoms with Gasteiger partial charge < -0.3 is 9.15 Å². The molecule has 0 saturated heterocycles. The van der Waals surface area contributed by atoms with Crippen LogP contribution in [-0.4, -0.2) is 11.6 Å². The molecule has 0 atom stereocenters. The molecule has 3 aromatic rings. The number of hydrogen-bond acceptors (Lipinski definition) is 4. The average Bonchev–Trinajstić information content (AvgIpc) is 3.14. The quantitative estimate of drug-likeness (QED) is 0.570. The Hall–Kier alpha value is -2.01. The Bertz CT molecular complexity index is 1120. The van der Waals surface area contributed by atoms with Crippen molar-refractivity contribution in [3.05, 3.63) is 73.1 Å². The smallest absolute Gasteiger partial charge is 0.339 e. The molecule has 0 N–H and O–H groups in total. The SMILES string of the molecule is O=c1oc2c3c(c(Cl)cc2c2c1CCC2)OCN(Cc1cccc(Cl)c1)C3. The topological polar surface area (TPSA) is 42.7 Å². The van der Waals surface area contributed by atoms with Crippen LogP contribution in [-0.2, 0) is 25.9 Å². The van der Waals surface area contributed by atoms with Crippen molar-refractivity contribution >= 4 is 34.2 Å². The average molecular weight is 402 g/mol. The number of aryl methyl sites for hydroxylation is 1. The molecule has 4 nitrogen and oxygen atoms in total. The number of hydrogen-bond donors (Lipinski definition) is 0. The van der Waals surface area contributed by atoms with E-state index in [1.165, 1.54) is 0 Å². The van der Waals surface area contributed by atoms with Crippen molar-refractivity contribution < 1.29 is 9.15 Å². The first-order valence-electron chi connectivity index (χ1n) is 8.99. The first-order valence-corrected chi connectivity index (χ1v) is 9.75. The Balaban J connectivity index is 1.59. The lowest BCUT2D eigenvalue weighted by Crippen LogP contribution is -2.32. The van der Waals surface area contributed by atoms with Crippen LogP contribution >= 0.6 is 23.2 Å². The van der Waals surface area contributed by atoms with E-state index in [1.807, 2.05) is 30.3 Å². The molecule has 2 heterocycles. The van der Waals surface area contributed by atoms with Crippen LogP contribution < -0.4 is 10.4 Å². The van der Waals surface area contributed by atoms with Gasteiger partial charge in [-0.2, -0.15) is 0 Å². The van der Waals surface area contributed by atoms with E-state index in [0.29, 0.717) is 41.2 Å². The van der Waals surface area contributed by atoms with Gasteiger partial charge in [0, 0.05) is 29.1 Å². The van der Waals surface area contributed by atoms with Crippen LogP contribution in [0.2, 0.25) is 10.0 Å². The van der Waals surface area contributed by atoms with Crippen molar-refractivity contribution in [2.75, 3.05) is 6.73 Å². The van der Waals surface area contributed by atoms with E-state index in [9.17, 15) is 4.79 Å². The zero-order valence-corrected chi connectivity index (χ0v) is 16.1. The van der Waals surface area contributed by atoms with E-state index >= 15 is 0 Å². The van der Waals surface area contributed by atoms with Crippen molar-refractivity contribution in [3.8, 4) is 5.75 Å². The molecule has 0 radical (unpaired) electrons. The zero-order chi connectivity index (χ0) is 18.5. The summed E-state index contributed by atoms with van der Waals surface area (Å²) < 4.78 is 11.7. The van der Waals surface area contributed by atoms with Gasteiger partial charge in [-0.25, -0.2) is 4.79 Å². The lowest BCUT2D eigenvalue weighted by atomic mass is 10.0. The van der Waals surface area contributed by atoms with Gasteiger partial charge in [-0.1, -0.05) is 35.3 Å². The summed E-state index contributed by atoms with van der Waals surface area (Å²) in [6.45, 7) is 1.70. The molecule has 138 valence electrons. The molecule has 5 rings (SSSR count). The molecule has 27 heavy (non-hydrogen) atoms. The minimum atomic E-state index is -0.230. The van der Waals surface area contributed by atoms with E-state index in [-0.39, 0.29) is 5.63 Å². The minimum Gasteiger partial charge on any atom is -0.476 e. The summed E-state index contributed by atoms with van der Waals surface area (Å²) in [5.74, 6) is 0.618. The largest absolute Gasteiger partial charge is 0.476 e. The Morgan fingerprint density at radius 1 is 1.07 bits per heavy atom. The molecule has 6 heteroatoms. The third-order valence-corrected chi connectivity index (χ3v) is 5.85. The first-order chi connectivity index (χ1) is 13.1. The Morgan fingerprint density at radius 2 is 1.93 bits per heavy atom. The van der Waals surface area contributed by atoms with Gasteiger partial charge in [-0.15, -0.1) is 0 Å². The highest BCUT2D eigenvalue weighted by atomic mass is 35.5. The summed E-state index contributed by atoms with van der Waals surface area (Å²) in [6.07, 6.45) is 2.64. The molecule has 0 spiro atoms. The Labute approximate surface area is 166 Å². The van der Waals surface area contributed by atoms with Gasteiger partial charge in [0.2, 0.25) is 0 Å². The highest BCUT2D eigenvalue weighted by molar-refractivity contribution is 6.33. The van der Waals surface area contributed by atoms with Crippen LogP contribution in [0, 0.1) is 0 Å².